The highest BCUT2D eigenvalue weighted by Crippen LogP contribution is 2.40. The number of anilines is 2. The number of aliphatic carboxylic acids is 1. The van der Waals surface area contributed by atoms with Gasteiger partial charge < -0.3 is 25.2 Å². The molecule has 236 valence electrons. The lowest BCUT2D eigenvalue weighted by molar-refractivity contribution is -0.274. The minimum atomic E-state index is -4.98. The summed E-state index contributed by atoms with van der Waals surface area (Å²) in [6, 6.07) is 9.23. The van der Waals surface area contributed by atoms with Crippen molar-refractivity contribution in [3.05, 3.63) is 58.1 Å². The Morgan fingerprint density at radius 2 is 1.57 bits per heavy atom. The van der Waals surface area contributed by atoms with Crippen molar-refractivity contribution in [2.24, 2.45) is 5.92 Å². The maximum absolute atomic E-state index is 13.7. The number of urea groups is 1. The first-order valence-corrected chi connectivity index (χ1v) is 14.9. The van der Waals surface area contributed by atoms with Crippen LogP contribution in [0.1, 0.15) is 49.4 Å². The van der Waals surface area contributed by atoms with E-state index in [0.29, 0.717) is 29.0 Å². The molecule has 4 rings (SSSR count). The van der Waals surface area contributed by atoms with Crippen molar-refractivity contribution >= 4 is 63.1 Å². The molecule has 1 fully saturated rings. The molecule has 0 unspecified atom stereocenters. The number of nitrogens with one attached hydrogen (secondary N) is 3. The molecular formula is C29H28Cl2F3N3O6S. The van der Waals surface area contributed by atoms with Gasteiger partial charge in [0.25, 0.3) is 5.91 Å². The highest BCUT2D eigenvalue weighted by atomic mass is 35.5. The highest BCUT2D eigenvalue weighted by Gasteiger charge is 2.43. The fourth-order valence-electron chi connectivity index (χ4n) is 4.97. The third-order valence-corrected chi connectivity index (χ3v) is 9.00. The third kappa shape index (κ3) is 7.88. The summed E-state index contributed by atoms with van der Waals surface area (Å²) in [4.78, 5) is 39.7. The number of carboxylic acids is 1. The molecule has 1 heterocycles. The summed E-state index contributed by atoms with van der Waals surface area (Å²) in [7, 11) is 1.52. The van der Waals surface area contributed by atoms with E-state index in [1.807, 2.05) is 0 Å². The number of hydrogen-bond acceptors (Lipinski definition) is 6. The first-order valence-electron chi connectivity index (χ1n) is 13.4. The van der Waals surface area contributed by atoms with E-state index < -0.39 is 35.6 Å². The summed E-state index contributed by atoms with van der Waals surface area (Å²) >= 11 is 13.2. The fourth-order valence-corrected chi connectivity index (χ4v) is 6.59. The van der Waals surface area contributed by atoms with Gasteiger partial charge in [-0.2, -0.15) is 0 Å². The molecule has 4 N–H and O–H groups in total. The van der Waals surface area contributed by atoms with Crippen molar-refractivity contribution in [1.29, 1.82) is 0 Å². The minimum Gasteiger partial charge on any atom is -0.497 e. The van der Waals surface area contributed by atoms with Gasteiger partial charge in [0, 0.05) is 17.0 Å². The number of methoxy groups -OCH3 is 1. The van der Waals surface area contributed by atoms with Gasteiger partial charge in [-0.1, -0.05) is 42.5 Å². The quantitative estimate of drug-likeness (QED) is 0.181. The number of carboxylic acid groups (broad SMARTS) is 1. The van der Waals surface area contributed by atoms with Crippen LogP contribution in [0.15, 0.2) is 42.5 Å². The fraction of sp³-hybridized carbons (Fsp3) is 0.345. The number of rotatable bonds is 9. The van der Waals surface area contributed by atoms with Crippen LogP contribution >= 0.6 is 34.5 Å². The van der Waals surface area contributed by atoms with E-state index in [-0.39, 0.29) is 32.2 Å². The number of thiophene rings is 1. The highest BCUT2D eigenvalue weighted by molar-refractivity contribution is 7.20. The number of amides is 3. The Hall–Kier alpha value is -3.68. The first-order chi connectivity index (χ1) is 20.7. The van der Waals surface area contributed by atoms with Gasteiger partial charge in [0.05, 0.1) is 28.4 Å². The van der Waals surface area contributed by atoms with E-state index in [1.165, 1.54) is 20.1 Å². The monoisotopic (exact) mass is 673 g/mol. The molecule has 1 aromatic heterocycles. The Bertz CT molecular complexity index is 1520. The average Bonchev–Trinajstić information content (AvgIpc) is 3.38. The lowest BCUT2D eigenvalue weighted by Gasteiger charge is -2.37. The van der Waals surface area contributed by atoms with E-state index >= 15 is 0 Å². The third-order valence-electron chi connectivity index (χ3n) is 7.31. The SMILES string of the molecule is COc1ccc(-c2cc(C(=O)N[C@](C)(C(=O)O)C3CCCCC3)c(NC(=O)Nc3c(Cl)cc(OC(F)(F)F)cc3Cl)s2)cc1. The van der Waals surface area contributed by atoms with Crippen molar-refractivity contribution < 1.29 is 42.1 Å². The molecule has 1 saturated carbocycles. The van der Waals surface area contributed by atoms with E-state index in [9.17, 15) is 32.7 Å². The standard InChI is InChI=1S/C29H28Cl2F3N3O6S/c1-28(26(39)40,16-6-4-3-5-7-16)37-24(38)19-14-22(15-8-10-17(42-2)11-9-15)44-25(19)36-27(41)35-23-20(30)12-18(13-21(23)31)43-29(32,33)34/h8-14,16H,3-7H2,1-2H3,(H,37,38)(H,39,40)(H2,35,36,41)/t28-/m0/s1. The Balaban J connectivity index is 1.64. The molecule has 0 bridgehead atoms. The Kier molecular flexibility index (Phi) is 10.2. The van der Waals surface area contributed by atoms with Crippen molar-refractivity contribution in [2.45, 2.75) is 50.9 Å². The van der Waals surface area contributed by atoms with Gasteiger partial charge in [0.15, 0.2) is 0 Å². The normalized spacial score (nSPS) is 15.2. The van der Waals surface area contributed by atoms with Crippen LogP contribution in [0, 0.1) is 5.92 Å². The molecule has 15 heteroatoms. The van der Waals surface area contributed by atoms with Gasteiger partial charge in [0.2, 0.25) is 0 Å². The molecular weight excluding hydrogens is 646 g/mol. The van der Waals surface area contributed by atoms with Crippen LogP contribution in [-0.2, 0) is 4.79 Å². The molecule has 1 aliphatic rings. The van der Waals surface area contributed by atoms with Gasteiger partial charge in [-0.05, 0) is 61.6 Å². The van der Waals surface area contributed by atoms with Crippen LogP contribution in [0.5, 0.6) is 11.5 Å². The number of carbonyl (C=O) groups is 3. The summed E-state index contributed by atoms with van der Waals surface area (Å²) in [5.74, 6) is -2.25. The summed E-state index contributed by atoms with van der Waals surface area (Å²) in [5.41, 5.74) is -1.06. The molecule has 1 aliphatic carbocycles. The maximum atomic E-state index is 13.7. The number of alkyl halides is 3. The largest absolute Gasteiger partial charge is 0.573 e. The van der Waals surface area contributed by atoms with Crippen molar-refractivity contribution in [3.63, 3.8) is 0 Å². The summed E-state index contributed by atoms with van der Waals surface area (Å²) < 4.78 is 46.9. The lowest BCUT2D eigenvalue weighted by Crippen LogP contribution is -2.57. The predicted octanol–water partition coefficient (Wildman–Crippen LogP) is 8.43. The summed E-state index contributed by atoms with van der Waals surface area (Å²) in [5, 5.41) is 17.2. The van der Waals surface area contributed by atoms with Crippen LogP contribution in [-0.4, -0.2) is 42.0 Å². The lowest BCUT2D eigenvalue weighted by atomic mass is 9.75. The van der Waals surface area contributed by atoms with E-state index in [1.54, 1.807) is 24.3 Å². The van der Waals surface area contributed by atoms with Crippen LogP contribution < -0.4 is 25.4 Å². The topological polar surface area (TPSA) is 126 Å². The first kappa shape index (κ1) is 33.2. The molecule has 3 amide bonds. The molecule has 3 aromatic rings. The summed E-state index contributed by atoms with van der Waals surface area (Å²) in [6.07, 6.45) is -0.997. The average molecular weight is 675 g/mol. The van der Waals surface area contributed by atoms with Gasteiger partial charge in [0.1, 0.15) is 22.0 Å². The van der Waals surface area contributed by atoms with Crippen LogP contribution in [0.2, 0.25) is 10.0 Å². The number of ether oxygens (including phenoxy) is 2. The molecule has 0 aliphatic heterocycles. The number of halogens is 5. The number of carbonyl (C=O) groups excluding carboxylic acids is 2. The van der Waals surface area contributed by atoms with Crippen molar-refractivity contribution in [2.75, 3.05) is 17.7 Å². The predicted molar refractivity (Wildman–Crippen MR) is 162 cm³/mol. The molecule has 0 spiro atoms. The second-order valence-electron chi connectivity index (χ2n) is 10.3. The Morgan fingerprint density at radius 1 is 0.955 bits per heavy atom. The second kappa shape index (κ2) is 13.5. The van der Waals surface area contributed by atoms with Gasteiger partial charge in [-0.25, -0.2) is 9.59 Å². The minimum absolute atomic E-state index is 0.00497. The van der Waals surface area contributed by atoms with E-state index in [4.69, 9.17) is 27.9 Å². The smallest absolute Gasteiger partial charge is 0.497 e. The van der Waals surface area contributed by atoms with Crippen LogP contribution in [0.3, 0.4) is 0 Å². The molecule has 2 aromatic carbocycles. The molecule has 9 nitrogen and oxygen atoms in total. The van der Waals surface area contributed by atoms with Crippen LogP contribution in [0.25, 0.3) is 10.4 Å². The Labute approximate surface area is 264 Å². The zero-order valence-corrected chi connectivity index (χ0v) is 25.8. The zero-order chi connectivity index (χ0) is 32.2. The van der Waals surface area contributed by atoms with Gasteiger partial charge in [-0.15, -0.1) is 24.5 Å². The van der Waals surface area contributed by atoms with Gasteiger partial charge >= 0.3 is 18.4 Å². The summed E-state index contributed by atoms with van der Waals surface area (Å²) in [6.45, 7) is 1.48. The maximum Gasteiger partial charge on any atom is 0.573 e. The molecule has 44 heavy (non-hydrogen) atoms. The van der Waals surface area contributed by atoms with Crippen LogP contribution in [0.4, 0.5) is 28.7 Å². The van der Waals surface area contributed by atoms with E-state index in [0.717, 1.165) is 42.7 Å². The number of hydrogen-bond donors (Lipinski definition) is 4. The Morgan fingerprint density at radius 3 is 2.11 bits per heavy atom. The molecule has 1 atom stereocenters. The second-order valence-corrected chi connectivity index (χ2v) is 12.1. The number of benzene rings is 2. The van der Waals surface area contributed by atoms with Gasteiger partial charge in [-0.3, -0.25) is 10.1 Å². The van der Waals surface area contributed by atoms with Crippen molar-refractivity contribution in [1.82, 2.24) is 5.32 Å². The zero-order valence-electron chi connectivity index (χ0n) is 23.4. The molecule has 0 saturated heterocycles. The van der Waals surface area contributed by atoms with E-state index in [2.05, 4.69) is 20.7 Å². The van der Waals surface area contributed by atoms with Crippen molar-refractivity contribution in [3.8, 4) is 21.9 Å². The molecule has 0 radical (unpaired) electrons.